The summed E-state index contributed by atoms with van der Waals surface area (Å²) in [5.74, 6) is 2.01. The molecule has 0 radical (unpaired) electrons. The lowest BCUT2D eigenvalue weighted by molar-refractivity contribution is 0.839. The fraction of sp³-hybridized carbons (Fsp3) is 0.176. The topological polar surface area (TPSA) is 63.8 Å². The van der Waals surface area contributed by atoms with Gasteiger partial charge in [-0.25, -0.2) is 9.97 Å². The van der Waals surface area contributed by atoms with Gasteiger partial charge in [-0.05, 0) is 29.3 Å². The van der Waals surface area contributed by atoms with Gasteiger partial charge in [0.2, 0.25) is 0 Å². The van der Waals surface area contributed by atoms with Gasteiger partial charge in [0.05, 0.1) is 0 Å². The Morgan fingerprint density at radius 3 is 2.62 bits per heavy atom. The fourth-order valence-electron chi connectivity index (χ4n) is 2.33. The van der Waals surface area contributed by atoms with Crippen molar-refractivity contribution in [1.29, 1.82) is 0 Å². The van der Waals surface area contributed by atoms with Crippen LogP contribution in [-0.2, 0) is 6.42 Å². The van der Waals surface area contributed by atoms with E-state index < -0.39 is 0 Å². The average Bonchev–Trinajstić information content (AvgIpc) is 2.47. The Labute approximate surface area is 124 Å². The van der Waals surface area contributed by atoms with E-state index in [2.05, 4.69) is 46.5 Å². The minimum absolute atomic E-state index is 0.497. The van der Waals surface area contributed by atoms with Crippen LogP contribution in [0.25, 0.3) is 10.8 Å². The van der Waals surface area contributed by atoms with Crippen LogP contribution in [0.4, 0.5) is 17.3 Å². The summed E-state index contributed by atoms with van der Waals surface area (Å²) in [6.45, 7) is 2.10. The summed E-state index contributed by atoms with van der Waals surface area (Å²) in [6, 6.07) is 16.3. The summed E-state index contributed by atoms with van der Waals surface area (Å²) >= 11 is 0. The van der Waals surface area contributed by atoms with Gasteiger partial charge in [0, 0.05) is 18.2 Å². The maximum Gasteiger partial charge on any atom is 0.136 e. The third kappa shape index (κ3) is 3.11. The highest BCUT2D eigenvalue weighted by molar-refractivity contribution is 5.86. The molecule has 0 fully saturated rings. The Hall–Kier alpha value is -2.62. The van der Waals surface area contributed by atoms with E-state index in [1.807, 2.05) is 18.2 Å². The molecular weight excluding hydrogens is 260 g/mol. The van der Waals surface area contributed by atoms with Crippen molar-refractivity contribution in [2.24, 2.45) is 0 Å². The van der Waals surface area contributed by atoms with Gasteiger partial charge in [-0.15, -0.1) is 0 Å². The Morgan fingerprint density at radius 2 is 1.81 bits per heavy atom. The summed E-state index contributed by atoms with van der Waals surface area (Å²) in [6.07, 6.45) is 1.83. The van der Waals surface area contributed by atoms with Crippen LogP contribution in [0, 0.1) is 0 Å². The van der Waals surface area contributed by atoms with E-state index in [0.29, 0.717) is 5.82 Å². The quantitative estimate of drug-likeness (QED) is 0.759. The number of aryl methyl sites for hydroxylation is 1. The van der Waals surface area contributed by atoms with Crippen LogP contribution >= 0.6 is 0 Å². The van der Waals surface area contributed by atoms with E-state index in [0.717, 1.165) is 30.2 Å². The molecule has 2 aromatic carbocycles. The average molecular weight is 278 g/mol. The Bertz CT molecular complexity index is 768. The number of rotatable bonds is 4. The van der Waals surface area contributed by atoms with Crippen molar-refractivity contribution in [3.8, 4) is 0 Å². The van der Waals surface area contributed by atoms with Crippen molar-refractivity contribution in [1.82, 2.24) is 9.97 Å². The van der Waals surface area contributed by atoms with Gasteiger partial charge in [0.1, 0.15) is 17.5 Å². The molecule has 4 nitrogen and oxygen atoms in total. The van der Waals surface area contributed by atoms with Crippen LogP contribution in [0.15, 0.2) is 48.5 Å². The number of hydrogen-bond acceptors (Lipinski definition) is 4. The molecule has 3 rings (SSSR count). The third-order valence-corrected chi connectivity index (χ3v) is 3.29. The number of nitrogens with one attached hydrogen (secondary N) is 1. The van der Waals surface area contributed by atoms with Crippen LogP contribution in [0.5, 0.6) is 0 Å². The molecule has 21 heavy (non-hydrogen) atoms. The molecule has 1 heterocycles. The summed E-state index contributed by atoms with van der Waals surface area (Å²) in [4.78, 5) is 8.74. The molecule has 4 heteroatoms. The highest BCUT2D eigenvalue weighted by Gasteiger charge is 2.03. The van der Waals surface area contributed by atoms with Gasteiger partial charge in [-0.1, -0.05) is 37.3 Å². The lowest BCUT2D eigenvalue weighted by atomic mass is 10.1. The van der Waals surface area contributed by atoms with Gasteiger partial charge in [-0.3, -0.25) is 0 Å². The number of hydrogen-bond donors (Lipinski definition) is 2. The number of fused-ring (bicyclic) bond motifs is 1. The molecule has 3 N–H and O–H groups in total. The molecule has 0 amide bonds. The zero-order chi connectivity index (χ0) is 14.7. The molecule has 0 aliphatic carbocycles. The highest BCUT2D eigenvalue weighted by Crippen LogP contribution is 2.22. The first-order valence-electron chi connectivity index (χ1n) is 7.14. The van der Waals surface area contributed by atoms with Crippen molar-refractivity contribution >= 4 is 28.1 Å². The molecule has 0 spiro atoms. The second kappa shape index (κ2) is 5.79. The molecule has 0 bridgehead atoms. The first-order valence-corrected chi connectivity index (χ1v) is 7.14. The maximum absolute atomic E-state index is 5.84. The number of aromatic nitrogens is 2. The zero-order valence-corrected chi connectivity index (χ0v) is 12.0. The SMILES string of the molecule is CCCc1nc(N)cc(Nc2ccc3ccccc3c2)n1. The van der Waals surface area contributed by atoms with Gasteiger partial charge in [-0.2, -0.15) is 0 Å². The predicted octanol–water partition coefficient (Wildman–Crippen LogP) is 3.91. The molecule has 0 aliphatic rings. The van der Waals surface area contributed by atoms with Crippen molar-refractivity contribution < 1.29 is 0 Å². The molecule has 0 saturated heterocycles. The molecule has 3 aromatic rings. The Kier molecular flexibility index (Phi) is 3.69. The van der Waals surface area contributed by atoms with E-state index in [1.54, 1.807) is 6.07 Å². The van der Waals surface area contributed by atoms with Crippen molar-refractivity contribution in [3.63, 3.8) is 0 Å². The first kappa shape index (κ1) is 13.4. The second-order valence-corrected chi connectivity index (χ2v) is 5.03. The molecule has 106 valence electrons. The van der Waals surface area contributed by atoms with E-state index in [4.69, 9.17) is 5.73 Å². The monoisotopic (exact) mass is 278 g/mol. The van der Waals surface area contributed by atoms with Gasteiger partial charge < -0.3 is 11.1 Å². The van der Waals surface area contributed by atoms with E-state index in [1.165, 1.54) is 10.8 Å². The minimum atomic E-state index is 0.497. The maximum atomic E-state index is 5.84. The normalized spacial score (nSPS) is 10.7. The van der Waals surface area contributed by atoms with Gasteiger partial charge in [0.15, 0.2) is 0 Å². The summed E-state index contributed by atoms with van der Waals surface area (Å²) in [5.41, 5.74) is 6.84. The zero-order valence-electron chi connectivity index (χ0n) is 12.0. The number of nitrogen functional groups attached to an aromatic ring is 1. The van der Waals surface area contributed by atoms with E-state index in [9.17, 15) is 0 Å². The standard InChI is InChI=1S/C17H18N4/c1-2-5-16-20-15(18)11-17(21-16)19-14-9-8-12-6-3-4-7-13(12)10-14/h3-4,6-11H,2,5H2,1H3,(H3,18,19,20,21). The molecule has 0 aliphatic heterocycles. The fourth-order valence-corrected chi connectivity index (χ4v) is 2.33. The van der Waals surface area contributed by atoms with Crippen molar-refractivity contribution in [2.75, 3.05) is 11.1 Å². The predicted molar refractivity (Wildman–Crippen MR) is 87.7 cm³/mol. The lowest BCUT2D eigenvalue weighted by Crippen LogP contribution is -2.03. The van der Waals surface area contributed by atoms with Crippen LogP contribution in [0.3, 0.4) is 0 Å². The largest absolute Gasteiger partial charge is 0.384 e. The third-order valence-electron chi connectivity index (χ3n) is 3.29. The van der Waals surface area contributed by atoms with E-state index >= 15 is 0 Å². The summed E-state index contributed by atoms with van der Waals surface area (Å²) < 4.78 is 0. The van der Waals surface area contributed by atoms with Crippen LogP contribution in [-0.4, -0.2) is 9.97 Å². The number of nitrogens with zero attached hydrogens (tertiary/aromatic N) is 2. The molecule has 0 unspecified atom stereocenters. The molecule has 1 aromatic heterocycles. The van der Waals surface area contributed by atoms with Crippen LogP contribution in [0.1, 0.15) is 19.2 Å². The number of anilines is 3. The number of benzene rings is 2. The van der Waals surface area contributed by atoms with Gasteiger partial charge >= 0.3 is 0 Å². The molecule has 0 saturated carbocycles. The van der Waals surface area contributed by atoms with Crippen LogP contribution < -0.4 is 11.1 Å². The Morgan fingerprint density at radius 1 is 1.00 bits per heavy atom. The Balaban J connectivity index is 1.90. The highest BCUT2D eigenvalue weighted by atomic mass is 15.0. The lowest BCUT2D eigenvalue weighted by Gasteiger charge is -2.09. The first-order chi connectivity index (χ1) is 10.2. The summed E-state index contributed by atoms with van der Waals surface area (Å²) in [5, 5.41) is 5.72. The number of nitrogens with two attached hydrogens (primary N) is 1. The molecular formula is C17H18N4. The van der Waals surface area contributed by atoms with Gasteiger partial charge in [0.25, 0.3) is 0 Å². The van der Waals surface area contributed by atoms with Crippen molar-refractivity contribution in [2.45, 2.75) is 19.8 Å². The van der Waals surface area contributed by atoms with E-state index in [-0.39, 0.29) is 0 Å². The van der Waals surface area contributed by atoms with Crippen LogP contribution in [0.2, 0.25) is 0 Å². The molecule has 0 atom stereocenters. The smallest absolute Gasteiger partial charge is 0.136 e. The van der Waals surface area contributed by atoms with Crippen molar-refractivity contribution in [3.05, 3.63) is 54.4 Å². The minimum Gasteiger partial charge on any atom is -0.384 e. The summed E-state index contributed by atoms with van der Waals surface area (Å²) in [7, 11) is 0. The second-order valence-electron chi connectivity index (χ2n) is 5.03.